The van der Waals surface area contributed by atoms with Crippen LogP contribution in [0, 0.1) is 0 Å². The molecule has 3 rings (SSSR count). The molecule has 0 aromatic heterocycles. The molecule has 0 heterocycles. The van der Waals surface area contributed by atoms with Crippen molar-refractivity contribution in [3.63, 3.8) is 0 Å². The number of unbranched alkanes of at least 4 members (excludes halogenated alkanes) is 2. The molecule has 234 valence electrons. The molecule has 1 unspecified atom stereocenters. The zero-order chi connectivity index (χ0) is 31.7. The van der Waals surface area contributed by atoms with Crippen molar-refractivity contribution < 1.29 is 38.1 Å². The molecular formula is C32H43N3O8. The Kier molecular flexibility index (Phi) is 11.7. The summed E-state index contributed by atoms with van der Waals surface area (Å²) in [5.41, 5.74) is 14.4. The lowest BCUT2D eigenvalue weighted by atomic mass is 9.98. The molecule has 4 N–H and O–H groups in total. The van der Waals surface area contributed by atoms with Gasteiger partial charge in [0.15, 0.2) is 6.23 Å². The summed E-state index contributed by atoms with van der Waals surface area (Å²) >= 11 is 0. The molecule has 0 saturated heterocycles. The van der Waals surface area contributed by atoms with Gasteiger partial charge in [-0.25, -0.2) is 9.59 Å². The Morgan fingerprint density at radius 3 is 1.88 bits per heavy atom. The molecule has 0 aliphatic heterocycles. The smallest absolute Gasteiger partial charge is 0.422 e. The van der Waals surface area contributed by atoms with E-state index in [-0.39, 0.29) is 25.6 Å². The molecule has 2 amide bonds. The number of nitrogens with two attached hydrogens (primary N) is 2. The molecule has 2 aromatic rings. The highest BCUT2D eigenvalue weighted by Crippen LogP contribution is 2.44. The fourth-order valence-corrected chi connectivity index (χ4v) is 4.67. The molecule has 0 saturated carbocycles. The molecule has 0 fully saturated rings. The Morgan fingerprint density at radius 1 is 0.791 bits per heavy atom. The molecule has 11 heteroatoms. The fraction of sp³-hybridized carbons (Fsp3) is 0.500. The molecular weight excluding hydrogens is 554 g/mol. The SMILES string of the molecule is C[C@H](N)C(=O)OCCCCCC(OC(=O)[C@H](C)N)N(C(=O)OCC1c2ccccc2-c2ccccc21)C(=O)OC(C)(C)C. The minimum Gasteiger partial charge on any atom is -0.465 e. The highest BCUT2D eigenvalue weighted by molar-refractivity contribution is 5.89. The van der Waals surface area contributed by atoms with Crippen LogP contribution in [0.3, 0.4) is 0 Å². The van der Waals surface area contributed by atoms with Gasteiger partial charge in [0, 0.05) is 12.3 Å². The van der Waals surface area contributed by atoms with Crippen LogP contribution >= 0.6 is 0 Å². The summed E-state index contributed by atoms with van der Waals surface area (Å²) in [7, 11) is 0. The van der Waals surface area contributed by atoms with Crippen LogP contribution in [0.4, 0.5) is 9.59 Å². The molecule has 2 aromatic carbocycles. The summed E-state index contributed by atoms with van der Waals surface area (Å²) in [6.07, 6.45) is -1.81. The fourth-order valence-electron chi connectivity index (χ4n) is 4.67. The number of imide groups is 1. The number of benzene rings is 2. The number of carbonyl (C=O) groups excluding carboxylic acids is 4. The van der Waals surface area contributed by atoms with Gasteiger partial charge in [0.25, 0.3) is 0 Å². The number of ether oxygens (including phenoxy) is 4. The van der Waals surface area contributed by atoms with E-state index in [2.05, 4.69) is 0 Å². The second-order valence-corrected chi connectivity index (χ2v) is 11.6. The third kappa shape index (κ3) is 9.26. The monoisotopic (exact) mass is 597 g/mol. The molecule has 1 aliphatic rings. The van der Waals surface area contributed by atoms with Gasteiger partial charge in [-0.1, -0.05) is 48.5 Å². The van der Waals surface area contributed by atoms with Crippen LogP contribution in [-0.4, -0.2) is 66.2 Å². The highest BCUT2D eigenvalue weighted by atomic mass is 16.6. The van der Waals surface area contributed by atoms with Gasteiger partial charge in [-0.3, -0.25) is 9.59 Å². The van der Waals surface area contributed by atoms with Crippen molar-refractivity contribution in [3.05, 3.63) is 59.7 Å². The van der Waals surface area contributed by atoms with Gasteiger partial charge in [-0.15, -0.1) is 0 Å². The van der Waals surface area contributed by atoms with Crippen LogP contribution in [0.25, 0.3) is 11.1 Å². The molecule has 11 nitrogen and oxygen atoms in total. The summed E-state index contributed by atoms with van der Waals surface area (Å²) in [5, 5.41) is 0. The second-order valence-electron chi connectivity index (χ2n) is 11.6. The van der Waals surface area contributed by atoms with E-state index in [1.165, 1.54) is 13.8 Å². The summed E-state index contributed by atoms with van der Waals surface area (Å²) in [6.45, 7) is 8.07. The number of carbonyl (C=O) groups is 4. The third-order valence-electron chi connectivity index (χ3n) is 6.75. The van der Waals surface area contributed by atoms with E-state index in [0.717, 1.165) is 22.3 Å². The van der Waals surface area contributed by atoms with Crippen molar-refractivity contribution in [2.75, 3.05) is 13.2 Å². The maximum atomic E-state index is 13.6. The van der Waals surface area contributed by atoms with Crippen LogP contribution in [0.5, 0.6) is 0 Å². The number of esters is 2. The molecule has 3 atom stereocenters. The van der Waals surface area contributed by atoms with E-state index in [1.807, 2.05) is 48.5 Å². The number of nitrogens with zero attached hydrogens (tertiary/aromatic N) is 1. The number of amides is 2. The number of fused-ring (bicyclic) bond motifs is 3. The maximum absolute atomic E-state index is 13.6. The third-order valence-corrected chi connectivity index (χ3v) is 6.75. The van der Waals surface area contributed by atoms with Gasteiger partial charge in [0.05, 0.1) is 6.61 Å². The molecule has 0 spiro atoms. The van der Waals surface area contributed by atoms with Gasteiger partial charge in [-0.05, 0) is 76.1 Å². The summed E-state index contributed by atoms with van der Waals surface area (Å²) < 4.78 is 21.9. The number of hydrogen-bond acceptors (Lipinski definition) is 10. The Hall–Kier alpha value is -3.96. The van der Waals surface area contributed by atoms with Crippen LogP contribution in [0.15, 0.2) is 48.5 Å². The normalized spacial score (nSPS) is 14.5. The molecule has 0 radical (unpaired) electrons. The van der Waals surface area contributed by atoms with E-state index >= 15 is 0 Å². The quantitative estimate of drug-likeness (QED) is 0.150. The first-order valence-corrected chi connectivity index (χ1v) is 14.6. The molecule has 43 heavy (non-hydrogen) atoms. The van der Waals surface area contributed by atoms with Gasteiger partial charge < -0.3 is 30.4 Å². The van der Waals surface area contributed by atoms with Gasteiger partial charge in [-0.2, -0.15) is 4.90 Å². The summed E-state index contributed by atoms with van der Waals surface area (Å²) in [6, 6.07) is 14.0. The largest absolute Gasteiger partial charge is 0.465 e. The molecule has 0 bridgehead atoms. The second kappa shape index (κ2) is 15.0. The van der Waals surface area contributed by atoms with Crippen molar-refractivity contribution in [3.8, 4) is 11.1 Å². The summed E-state index contributed by atoms with van der Waals surface area (Å²) in [5.74, 6) is -1.55. The van der Waals surface area contributed by atoms with E-state index in [4.69, 9.17) is 30.4 Å². The van der Waals surface area contributed by atoms with E-state index in [1.54, 1.807) is 20.8 Å². The number of hydrogen-bond donors (Lipinski definition) is 2. The minimum absolute atomic E-state index is 0.0505. The first-order chi connectivity index (χ1) is 20.3. The Morgan fingerprint density at radius 2 is 1.35 bits per heavy atom. The Balaban J connectivity index is 1.78. The van der Waals surface area contributed by atoms with E-state index in [9.17, 15) is 19.2 Å². The van der Waals surface area contributed by atoms with Crippen molar-refractivity contribution >= 4 is 24.1 Å². The minimum atomic E-state index is -1.34. The van der Waals surface area contributed by atoms with Gasteiger partial charge in [0.1, 0.15) is 24.3 Å². The average Bonchev–Trinajstić information content (AvgIpc) is 3.26. The van der Waals surface area contributed by atoms with Crippen molar-refractivity contribution in [1.29, 1.82) is 0 Å². The number of rotatable bonds is 12. The molecule has 1 aliphatic carbocycles. The lowest BCUT2D eigenvalue weighted by Gasteiger charge is -2.31. The van der Waals surface area contributed by atoms with Gasteiger partial charge in [0.2, 0.25) is 0 Å². The van der Waals surface area contributed by atoms with Crippen LogP contribution in [0.1, 0.15) is 77.3 Å². The first-order valence-electron chi connectivity index (χ1n) is 14.6. The zero-order valence-electron chi connectivity index (χ0n) is 25.5. The average molecular weight is 598 g/mol. The predicted octanol–water partition coefficient (Wildman–Crippen LogP) is 4.84. The van der Waals surface area contributed by atoms with Crippen LogP contribution in [-0.2, 0) is 28.5 Å². The van der Waals surface area contributed by atoms with Crippen LogP contribution in [0.2, 0.25) is 0 Å². The van der Waals surface area contributed by atoms with E-state index in [0.29, 0.717) is 24.2 Å². The van der Waals surface area contributed by atoms with Crippen molar-refractivity contribution in [2.24, 2.45) is 11.5 Å². The predicted molar refractivity (Wildman–Crippen MR) is 160 cm³/mol. The lowest BCUT2D eigenvalue weighted by molar-refractivity contribution is -0.158. The topological polar surface area (TPSA) is 160 Å². The van der Waals surface area contributed by atoms with Gasteiger partial charge >= 0.3 is 24.1 Å². The van der Waals surface area contributed by atoms with E-state index < -0.39 is 48.0 Å². The zero-order valence-corrected chi connectivity index (χ0v) is 25.5. The highest BCUT2D eigenvalue weighted by Gasteiger charge is 2.38. The van der Waals surface area contributed by atoms with Crippen molar-refractivity contribution in [2.45, 2.75) is 90.1 Å². The Bertz CT molecular complexity index is 1240. The summed E-state index contributed by atoms with van der Waals surface area (Å²) in [4.78, 5) is 51.8. The standard InChI is InChI=1S/C32H43N3O8/c1-20(33)28(36)40-18-12-6-7-17-27(42-29(37)21(2)34)35(31(39)43-32(3,4)5)30(38)41-19-26-24-15-10-8-13-22(24)23-14-9-11-16-25(23)26/h8-11,13-16,20-21,26-27H,6-7,12,17-19,33-34H2,1-5H3/t20-,21-,27?/m0/s1. The maximum Gasteiger partial charge on any atom is 0.422 e. The first kappa shape index (κ1) is 33.5. The lowest BCUT2D eigenvalue weighted by Crippen LogP contribution is -2.50. The van der Waals surface area contributed by atoms with Crippen LogP contribution < -0.4 is 11.5 Å². The Labute approximate surface area is 252 Å². The van der Waals surface area contributed by atoms with Crippen molar-refractivity contribution in [1.82, 2.24) is 4.90 Å².